The first-order chi connectivity index (χ1) is 8.01. The lowest BCUT2D eigenvalue weighted by molar-refractivity contribution is -0.163. The highest BCUT2D eigenvalue weighted by Crippen LogP contribution is 2.40. The summed E-state index contributed by atoms with van der Waals surface area (Å²) in [6.45, 7) is 4.29. The van der Waals surface area contributed by atoms with Gasteiger partial charge in [0.15, 0.2) is 0 Å². The Balaban J connectivity index is 2.61. The number of hydrogen-bond acceptors (Lipinski definition) is 3. The second kappa shape index (κ2) is 4.04. The SMILES string of the molecule is COc1c(C)cc(C)cc1C1(C(=O)O)COC1. The number of aryl methyl sites for hydroxylation is 2. The Labute approximate surface area is 100 Å². The molecule has 0 atom stereocenters. The van der Waals surface area contributed by atoms with Crippen LogP contribution in [0.3, 0.4) is 0 Å². The number of aliphatic carboxylic acids is 1. The zero-order chi connectivity index (χ0) is 12.6. The summed E-state index contributed by atoms with van der Waals surface area (Å²) >= 11 is 0. The molecule has 0 aliphatic carbocycles. The predicted molar refractivity (Wildman–Crippen MR) is 62.6 cm³/mol. The summed E-state index contributed by atoms with van der Waals surface area (Å²) in [6.07, 6.45) is 0. The Kier molecular flexibility index (Phi) is 2.83. The normalized spacial score (nSPS) is 17.4. The third-order valence-corrected chi connectivity index (χ3v) is 3.24. The van der Waals surface area contributed by atoms with Gasteiger partial charge in [0.25, 0.3) is 0 Å². The minimum Gasteiger partial charge on any atom is -0.496 e. The minimum absolute atomic E-state index is 0.210. The minimum atomic E-state index is -0.942. The molecular formula is C13H16O4. The molecule has 1 aromatic carbocycles. The van der Waals surface area contributed by atoms with Gasteiger partial charge in [0.05, 0.1) is 20.3 Å². The van der Waals surface area contributed by atoms with E-state index < -0.39 is 11.4 Å². The van der Waals surface area contributed by atoms with Crippen molar-refractivity contribution in [1.29, 1.82) is 0 Å². The van der Waals surface area contributed by atoms with Crippen LogP contribution in [-0.4, -0.2) is 31.4 Å². The van der Waals surface area contributed by atoms with Gasteiger partial charge in [-0.1, -0.05) is 17.7 Å². The molecule has 4 heteroatoms. The highest BCUT2D eigenvalue weighted by molar-refractivity contribution is 5.84. The largest absolute Gasteiger partial charge is 0.496 e. The molecule has 1 aliphatic heterocycles. The van der Waals surface area contributed by atoms with Gasteiger partial charge in [0.1, 0.15) is 11.2 Å². The monoisotopic (exact) mass is 236 g/mol. The average molecular weight is 236 g/mol. The van der Waals surface area contributed by atoms with E-state index in [1.807, 2.05) is 26.0 Å². The van der Waals surface area contributed by atoms with Crippen LogP contribution in [0.2, 0.25) is 0 Å². The Bertz CT molecular complexity index is 461. The van der Waals surface area contributed by atoms with E-state index in [1.165, 1.54) is 0 Å². The van der Waals surface area contributed by atoms with Crippen molar-refractivity contribution in [2.75, 3.05) is 20.3 Å². The molecule has 1 heterocycles. The number of carbonyl (C=O) groups is 1. The third-order valence-electron chi connectivity index (χ3n) is 3.24. The van der Waals surface area contributed by atoms with Gasteiger partial charge in [0.2, 0.25) is 0 Å². The predicted octanol–water partition coefficient (Wildman–Crippen LogP) is 1.66. The highest BCUT2D eigenvalue weighted by atomic mass is 16.5. The first-order valence-electron chi connectivity index (χ1n) is 5.48. The molecule has 0 spiro atoms. The third kappa shape index (κ3) is 1.69. The first-order valence-corrected chi connectivity index (χ1v) is 5.48. The molecule has 0 saturated carbocycles. The molecule has 4 nitrogen and oxygen atoms in total. The Hall–Kier alpha value is -1.55. The molecule has 0 amide bonds. The highest BCUT2D eigenvalue weighted by Gasteiger charge is 2.49. The molecule has 0 radical (unpaired) electrons. The van der Waals surface area contributed by atoms with E-state index in [2.05, 4.69) is 0 Å². The van der Waals surface area contributed by atoms with Crippen LogP contribution < -0.4 is 4.74 Å². The summed E-state index contributed by atoms with van der Waals surface area (Å²) < 4.78 is 10.4. The standard InChI is InChI=1S/C13H16O4/c1-8-4-9(2)11(16-3)10(5-8)13(12(14)15)6-17-7-13/h4-5H,6-7H2,1-3H3,(H,14,15). The Morgan fingerprint density at radius 1 is 1.41 bits per heavy atom. The zero-order valence-electron chi connectivity index (χ0n) is 10.2. The summed E-state index contributed by atoms with van der Waals surface area (Å²) in [4.78, 5) is 11.5. The average Bonchev–Trinajstić information content (AvgIpc) is 2.14. The quantitative estimate of drug-likeness (QED) is 0.867. The molecule has 2 rings (SSSR count). The maximum atomic E-state index is 11.5. The van der Waals surface area contributed by atoms with E-state index in [-0.39, 0.29) is 13.2 Å². The molecule has 0 unspecified atom stereocenters. The molecule has 17 heavy (non-hydrogen) atoms. The summed E-state index contributed by atoms with van der Waals surface area (Å²) in [5.41, 5.74) is 1.76. The number of benzene rings is 1. The number of hydrogen-bond donors (Lipinski definition) is 1. The second-order valence-corrected chi connectivity index (χ2v) is 4.54. The van der Waals surface area contributed by atoms with E-state index in [4.69, 9.17) is 9.47 Å². The van der Waals surface area contributed by atoms with Crippen molar-refractivity contribution in [1.82, 2.24) is 0 Å². The molecule has 0 bridgehead atoms. The van der Waals surface area contributed by atoms with Crippen molar-refractivity contribution in [3.05, 3.63) is 28.8 Å². The van der Waals surface area contributed by atoms with Gasteiger partial charge in [-0.05, 0) is 19.4 Å². The van der Waals surface area contributed by atoms with Gasteiger partial charge < -0.3 is 14.6 Å². The van der Waals surface area contributed by atoms with Gasteiger partial charge in [-0.3, -0.25) is 4.79 Å². The van der Waals surface area contributed by atoms with Crippen molar-refractivity contribution in [3.63, 3.8) is 0 Å². The van der Waals surface area contributed by atoms with Gasteiger partial charge >= 0.3 is 5.97 Å². The van der Waals surface area contributed by atoms with Gasteiger partial charge in [-0.15, -0.1) is 0 Å². The van der Waals surface area contributed by atoms with Crippen LogP contribution in [0.1, 0.15) is 16.7 Å². The number of carboxylic acids is 1. The lowest BCUT2D eigenvalue weighted by Gasteiger charge is -2.38. The van der Waals surface area contributed by atoms with Crippen molar-refractivity contribution < 1.29 is 19.4 Å². The fourth-order valence-electron chi connectivity index (χ4n) is 2.28. The summed E-state index contributed by atoms with van der Waals surface area (Å²) in [6, 6.07) is 3.86. The zero-order valence-corrected chi connectivity index (χ0v) is 10.2. The smallest absolute Gasteiger partial charge is 0.319 e. The van der Waals surface area contributed by atoms with Crippen LogP contribution in [-0.2, 0) is 14.9 Å². The number of ether oxygens (including phenoxy) is 2. The van der Waals surface area contributed by atoms with Crippen molar-refractivity contribution in [2.24, 2.45) is 0 Å². The molecule has 92 valence electrons. The Morgan fingerprint density at radius 3 is 2.47 bits per heavy atom. The van der Waals surface area contributed by atoms with E-state index in [0.29, 0.717) is 5.75 Å². The van der Waals surface area contributed by atoms with Crippen LogP contribution in [0.5, 0.6) is 5.75 Å². The van der Waals surface area contributed by atoms with Gasteiger partial charge in [0, 0.05) is 5.56 Å². The molecule has 1 saturated heterocycles. The lowest BCUT2D eigenvalue weighted by Crippen LogP contribution is -2.53. The molecule has 1 fully saturated rings. The fraction of sp³-hybridized carbons (Fsp3) is 0.462. The van der Waals surface area contributed by atoms with Crippen molar-refractivity contribution >= 4 is 5.97 Å². The molecular weight excluding hydrogens is 220 g/mol. The molecule has 1 aliphatic rings. The number of methoxy groups -OCH3 is 1. The number of carboxylic acid groups (broad SMARTS) is 1. The van der Waals surface area contributed by atoms with Crippen molar-refractivity contribution in [3.8, 4) is 5.75 Å². The molecule has 1 N–H and O–H groups in total. The maximum Gasteiger partial charge on any atom is 0.319 e. The van der Waals surface area contributed by atoms with Crippen LogP contribution in [0.25, 0.3) is 0 Å². The summed E-state index contributed by atoms with van der Waals surface area (Å²) in [7, 11) is 1.57. The topological polar surface area (TPSA) is 55.8 Å². The lowest BCUT2D eigenvalue weighted by atomic mass is 9.77. The van der Waals surface area contributed by atoms with Crippen LogP contribution in [0.15, 0.2) is 12.1 Å². The summed E-state index contributed by atoms with van der Waals surface area (Å²) in [5.74, 6) is -0.201. The number of rotatable bonds is 3. The van der Waals surface area contributed by atoms with Gasteiger partial charge in [-0.25, -0.2) is 0 Å². The molecule has 0 aromatic heterocycles. The van der Waals surface area contributed by atoms with Gasteiger partial charge in [-0.2, -0.15) is 0 Å². The van der Waals surface area contributed by atoms with E-state index in [1.54, 1.807) is 7.11 Å². The van der Waals surface area contributed by atoms with Crippen LogP contribution in [0.4, 0.5) is 0 Å². The van der Waals surface area contributed by atoms with Crippen LogP contribution in [0, 0.1) is 13.8 Å². The second-order valence-electron chi connectivity index (χ2n) is 4.54. The van der Waals surface area contributed by atoms with E-state index in [0.717, 1.165) is 16.7 Å². The van der Waals surface area contributed by atoms with E-state index >= 15 is 0 Å². The van der Waals surface area contributed by atoms with Crippen molar-refractivity contribution in [2.45, 2.75) is 19.3 Å². The van der Waals surface area contributed by atoms with E-state index in [9.17, 15) is 9.90 Å². The van der Waals surface area contributed by atoms with Crippen LogP contribution >= 0.6 is 0 Å². The maximum absolute atomic E-state index is 11.5. The summed E-state index contributed by atoms with van der Waals surface area (Å²) in [5, 5.41) is 9.40. The molecule has 1 aromatic rings. The first kappa shape index (κ1) is 11.9. The fourth-order valence-corrected chi connectivity index (χ4v) is 2.28. The Morgan fingerprint density at radius 2 is 2.06 bits per heavy atom.